The van der Waals surface area contributed by atoms with Crippen molar-refractivity contribution in [1.82, 2.24) is 0 Å². The maximum absolute atomic E-state index is 13.0. The van der Waals surface area contributed by atoms with Crippen LogP contribution in [-0.4, -0.2) is 33.1 Å². The quantitative estimate of drug-likeness (QED) is 0.701. The Morgan fingerprint density at radius 2 is 1.79 bits per heavy atom. The van der Waals surface area contributed by atoms with Crippen molar-refractivity contribution in [3.05, 3.63) is 53.8 Å². The Balaban J connectivity index is 0.00000392. The highest BCUT2D eigenvalue weighted by atomic mass is 32.2. The zero-order valence-corrected chi connectivity index (χ0v) is 17.0. The number of rotatable bonds is 7. The first kappa shape index (κ1) is 23.4. The number of hydrogen-bond donors (Lipinski definition) is 2. The number of methoxy groups -OCH3 is 1. The second kappa shape index (κ2) is 9.56. The van der Waals surface area contributed by atoms with Crippen LogP contribution >= 0.6 is 13.5 Å². The summed E-state index contributed by atoms with van der Waals surface area (Å²) in [6.07, 6.45) is 0. The summed E-state index contributed by atoms with van der Waals surface area (Å²) >= 11 is 0. The smallest absolute Gasteiger partial charge is 0.259 e. The SMILES string of the molecule is COc1ccc(S(=O)(=O)C[C@@H](C)C(N)=O)cc1C(=O)Nc1ccc(F)cc1.S. The molecule has 152 valence electrons. The lowest BCUT2D eigenvalue weighted by atomic mass is 10.2. The van der Waals surface area contributed by atoms with E-state index in [2.05, 4.69) is 5.32 Å². The van der Waals surface area contributed by atoms with Gasteiger partial charge in [0, 0.05) is 11.6 Å². The molecular formula is C18H21FN2O5S2. The summed E-state index contributed by atoms with van der Waals surface area (Å²) in [5.41, 5.74) is 5.44. The number of hydrogen-bond acceptors (Lipinski definition) is 5. The van der Waals surface area contributed by atoms with Crippen molar-refractivity contribution >= 4 is 40.8 Å². The van der Waals surface area contributed by atoms with Crippen LogP contribution in [0.3, 0.4) is 0 Å². The fourth-order valence-electron chi connectivity index (χ4n) is 2.30. The lowest BCUT2D eigenvalue weighted by Crippen LogP contribution is -2.27. The van der Waals surface area contributed by atoms with E-state index in [1.165, 1.54) is 56.5 Å². The topological polar surface area (TPSA) is 116 Å². The zero-order valence-electron chi connectivity index (χ0n) is 15.2. The third-order valence-corrected chi connectivity index (χ3v) is 5.74. The second-order valence-electron chi connectivity index (χ2n) is 5.91. The Bertz CT molecular complexity index is 962. The largest absolute Gasteiger partial charge is 0.496 e. The van der Waals surface area contributed by atoms with Gasteiger partial charge in [0.2, 0.25) is 5.91 Å². The molecule has 0 saturated carbocycles. The predicted molar refractivity (Wildman–Crippen MR) is 108 cm³/mol. The summed E-state index contributed by atoms with van der Waals surface area (Å²) in [5.74, 6) is -3.01. The van der Waals surface area contributed by atoms with Gasteiger partial charge in [0.05, 0.1) is 23.3 Å². The molecular weight excluding hydrogens is 407 g/mol. The number of anilines is 1. The lowest BCUT2D eigenvalue weighted by Gasteiger charge is -2.13. The van der Waals surface area contributed by atoms with E-state index in [1.807, 2.05) is 0 Å². The lowest BCUT2D eigenvalue weighted by molar-refractivity contribution is -0.120. The Morgan fingerprint density at radius 3 is 2.32 bits per heavy atom. The molecule has 0 spiro atoms. The zero-order chi connectivity index (χ0) is 20.2. The van der Waals surface area contributed by atoms with Gasteiger partial charge < -0.3 is 15.8 Å². The highest BCUT2D eigenvalue weighted by molar-refractivity contribution is 7.91. The van der Waals surface area contributed by atoms with E-state index in [1.54, 1.807) is 0 Å². The molecule has 28 heavy (non-hydrogen) atoms. The maximum Gasteiger partial charge on any atom is 0.259 e. The molecule has 10 heteroatoms. The van der Waals surface area contributed by atoms with Crippen molar-refractivity contribution in [2.45, 2.75) is 11.8 Å². The molecule has 2 amide bonds. The van der Waals surface area contributed by atoms with Gasteiger partial charge in [-0.05, 0) is 42.5 Å². The molecule has 2 rings (SSSR count). The number of amides is 2. The first-order valence-corrected chi connectivity index (χ1v) is 9.56. The average Bonchev–Trinajstić information content (AvgIpc) is 2.62. The number of primary amides is 1. The van der Waals surface area contributed by atoms with Crippen molar-refractivity contribution in [3.8, 4) is 5.75 Å². The highest BCUT2D eigenvalue weighted by Crippen LogP contribution is 2.25. The third-order valence-electron chi connectivity index (χ3n) is 3.83. The fourth-order valence-corrected chi connectivity index (χ4v) is 3.88. The molecule has 0 heterocycles. The van der Waals surface area contributed by atoms with E-state index >= 15 is 0 Å². The van der Waals surface area contributed by atoms with Gasteiger partial charge >= 0.3 is 0 Å². The summed E-state index contributed by atoms with van der Waals surface area (Å²) in [5, 5.41) is 2.54. The molecule has 0 aliphatic heterocycles. The Labute approximate surface area is 169 Å². The molecule has 2 aromatic rings. The number of nitrogens with two attached hydrogens (primary N) is 1. The number of benzene rings is 2. The van der Waals surface area contributed by atoms with Crippen LogP contribution in [0.2, 0.25) is 0 Å². The van der Waals surface area contributed by atoms with Crippen molar-refractivity contribution in [1.29, 1.82) is 0 Å². The van der Waals surface area contributed by atoms with Gasteiger partial charge in [-0.3, -0.25) is 9.59 Å². The third kappa shape index (κ3) is 5.70. The van der Waals surface area contributed by atoms with Crippen LogP contribution in [0.4, 0.5) is 10.1 Å². The Morgan fingerprint density at radius 1 is 1.18 bits per heavy atom. The van der Waals surface area contributed by atoms with E-state index in [0.29, 0.717) is 5.69 Å². The van der Waals surface area contributed by atoms with Gasteiger partial charge in [0.1, 0.15) is 11.6 Å². The summed E-state index contributed by atoms with van der Waals surface area (Å²) in [6, 6.07) is 8.90. The van der Waals surface area contributed by atoms with E-state index in [9.17, 15) is 22.4 Å². The summed E-state index contributed by atoms with van der Waals surface area (Å²) in [7, 11) is -2.51. The van der Waals surface area contributed by atoms with E-state index < -0.39 is 39.1 Å². The molecule has 0 aliphatic rings. The number of nitrogens with one attached hydrogen (secondary N) is 1. The maximum atomic E-state index is 13.0. The number of carbonyl (C=O) groups excluding carboxylic acids is 2. The fraction of sp³-hybridized carbons (Fsp3) is 0.222. The molecule has 7 nitrogen and oxygen atoms in total. The van der Waals surface area contributed by atoms with Gasteiger partial charge in [-0.15, -0.1) is 0 Å². The standard InChI is InChI=1S/C18H19FN2O5S.H2S/c1-11(17(20)22)10-27(24,25)14-7-8-16(26-2)15(9-14)18(23)21-13-5-3-12(19)4-6-13;/h3-9,11H,10H2,1-2H3,(H2,20,22)(H,21,23);1H2/t11-;/m1./s1. The molecule has 0 fully saturated rings. The monoisotopic (exact) mass is 428 g/mol. The van der Waals surface area contributed by atoms with Crippen molar-refractivity contribution in [2.75, 3.05) is 18.2 Å². The molecule has 3 N–H and O–H groups in total. The van der Waals surface area contributed by atoms with Crippen LogP contribution in [0.5, 0.6) is 5.75 Å². The molecule has 0 radical (unpaired) electrons. The molecule has 0 aliphatic carbocycles. The van der Waals surface area contributed by atoms with Crippen LogP contribution in [0.1, 0.15) is 17.3 Å². The number of sulfone groups is 1. The van der Waals surface area contributed by atoms with Gasteiger partial charge in [0.25, 0.3) is 5.91 Å². The minimum absolute atomic E-state index is 0. The Hall–Kier alpha value is -2.59. The van der Waals surface area contributed by atoms with E-state index in [4.69, 9.17) is 10.5 Å². The molecule has 1 atom stereocenters. The van der Waals surface area contributed by atoms with Crippen LogP contribution in [0, 0.1) is 11.7 Å². The minimum Gasteiger partial charge on any atom is -0.496 e. The van der Waals surface area contributed by atoms with Crippen LogP contribution in [0.15, 0.2) is 47.4 Å². The van der Waals surface area contributed by atoms with Crippen LogP contribution in [-0.2, 0) is 14.6 Å². The van der Waals surface area contributed by atoms with Crippen molar-refractivity contribution in [3.63, 3.8) is 0 Å². The summed E-state index contributed by atoms with van der Waals surface area (Å²) in [4.78, 5) is 23.6. The van der Waals surface area contributed by atoms with Gasteiger partial charge in [-0.2, -0.15) is 13.5 Å². The molecule has 0 saturated heterocycles. The molecule has 0 aromatic heterocycles. The molecule has 2 aromatic carbocycles. The van der Waals surface area contributed by atoms with E-state index in [0.717, 1.165) is 0 Å². The normalized spacial score (nSPS) is 11.8. The van der Waals surface area contributed by atoms with Crippen LogP contribution < -0.4 is 15.8 Å². The van der Waals surface area contributed by atoms with Crippen molar-refractivity contribution in [2.24, 2.45) is 11.7 Å². The second-order valence-corrected chi connectivity index (χ2v) is 7.94. The first-order valence-electron chi connectivity index (χ1n) is 7.91. The average molecular weight is 429 g/mol. The van der Waals surface area contributed by atoms with Gasteiger partial charge in [-0.25, -0.2) is 12.8 Å². The van der Waals surface area contributed by atoms with Crippen LogP contribution in [0.25, 0.3) is 0 Å². The van der Waals surface area contributed by atoms with Gasteiger partial charge in [0.15, 0.2) is 9.84 Å². The van der Waals surface area contributed by atoms with E-state index in [-0.39, 0.29) is 29.7 Å². The number of halogens is 1. The predicted octanol–water partition coefficient (Wildman–Crippen LogP) is 2.09. The highest BCUT2D eigenvalue weighted by Gasteiger charge is 2.24. The summed E-state index contributed by atoms with van der Waals surface area (Å²) in [6.45, 7) is 1.41. The first-order chi connectivity index (χ1) is 12.6. The minimum atomic E-state index is -3.85. The summed E-state index contributed by atoms with van der Waals surface area (Å²) < 4.78 is 43.1. The van der Waals surface area contributed by atoms with Gasteiger partial charge in [-0.1, -0.05) is 6.92 Å². The Kier molecular flexibility index (Phi) is 8.01. The number of carbonyl (C=O) groups is 2. The number of ether oxygens (including phenoxy) is 1. The molecule has 0 bridgehead atoms. The molecule has 0 unspecified atom stereocenters. The van der Waals surface area contributed by atoms with Crippen molar-refractivity contribution < 1.29 is 27.1 Å².